The first kappa shape index (κ1) is 16.8. The molecule has 2 fully saturated rings. The fourth-order valence-electron chi connectivity index (χ4n) is 3.98. The Kier molecular flexibility index (Phi) is 4.26. The van der Waals surface area contributed by atoms with Gasteiger partial charge in [0.25, 0.3) is 0 Å². The van der Waals surface area contributed by atoms with Crippen molar-refractivity contribution < 1.29 is 19.1 Å². The number of carboxylic acid groups (broad SMARTS) is 1. The van der Waals surface area contributed by atoms with Gasteiger partial charge in [-0.3, -0.25) is 9.59 Å². The Balaban J connectivity index is 1.27. The van der Waals surface area contributed by atoms with Crippen LogP contribution in [-0.2, 0) is 16.0 Å². The van der Waals surface area contributed by atoms with E-state index in [0.717, 1.165) is 24.8 Å². The number of aliphatic carboxylic acids is 1. The van der Waals surface area contributed by atoms with Crippen molar-refractivity contribution in [1.82, 2.24) is 9.88 Å². The van der Waals surface area contributed by atoms with Gasteiger partial charge in [-0.25, -0.2) is 4.98 Å². The predicted octanol–water partition coefficient (Wildman–Crippen LogP) is 2.99. The molecular weight excluding hydrogens is 332 g/mol. The van der Waals surface area contributed by atoms with Crippen molar-refractivity contribution in [3.05, 3.63) is 42.4 Å². The second-order valence-corrected chi connectivity index (χ2v) is 7.32. The van der Waals surface area contributed by atoms with E-state index in [9.17, 15) is 9.59 Å². The minimum absolute atomic E-state index is 0.0459. The molecule has 2 heterocycles. The maximum absolute atomic E-state index is 12.4. The number of carbonyl (C=O) groups is 2. The Hall–Kier alpha value is -2.63. The fraction of sp³-hybridized carbons (Fsp3) is 0.450. The summed E-state index contributed by atoms with van der Waals surface area (Å²) in [5.41, 5.74) is 0.923. The molecule has 136 valence electrons. The lowest BCUT2D eigenvalue weighted by molar-refractivity contribution is -0.139. The smallest absolute Gasteiger partial charge is 0.307 e. The topological polar surface area (TPSA) is 83.6 Å². The van der Waals surface area contributed by atoms with E-state index in [1.54, 1.807) is 6.20 Å². The first-order valence-corrected chi connectivity index (χ1v) is 9.08. The number of rotatable bonds is 5. The zero-order valence-electron chi connectivity index (χ0n) is 14.6. The third-order valence-corrected chi connectivity index (χ3v) is 5.76. The summed E-state index contributed by atoms with van der Waals surface area (Å²) in [6.45, 7) is 1.31. The molecule has 1 saturated carbocycles. The molecule has 2 aromatic rings. The average molecular weight is 354 g/mol. The summed E-state index contributed by atoms with van der Waals surface area (Å²) in [6.07, 6.45) is 4.90. The molecular formula is C20H22N2O4. The summed E-state index contributed by atoms with van der Waals surface area (Å²) in [5.74, 6) is 0.471. The number of hydrogen-bond donors (Lipinski definition) is 1. The van der Waals surface area contributed by atoms with Gasteiger partial charge in [-0.05, 0) is 24.7 Å². The van der Waals surface area contributed by atoms with Crippen LogP contribution in [-0.4, -0.2) is 40.0 Å². The zero-order valence-corrected chi connectivity index (χ0v) is 14.6. The minimum Gasteiger partial charge on any atom is -0.481 e. The molecule has 1 saturated heterocycles. The Morgan fingerprint density at radius 2 is 1.96 bits per heavy atom. The molecule has 0 bridgehead atoms. The summed E-state index contributed by atoms with van der Waals surface area (Å²) < 4.78 is 5.74. The van der Waals surface area contributed by atoms with Gasteiger partial charge in [0.2, 0.25) is 5.91 Å². The number of carboxylic acids is 1. The van der Waals surface area contributed by atoms with Gasteiger partial charge in [0.05, 0.1) is 12.1 Å². The Morgan fingerprint density at radius 1 is 1.23 bits per heavy atom. The summed E-state index contributed by atoms with van der Waals surface area (Å²) in [5, 5.41) is 9.14. The lowest BCUT2D eigenvalue weighted by Crippen LogP contribution is -2.40. The summed E-state index contributed by atoms with van der Waals surface area (Å²) in [4.78, 5) is 29.7. The minimum atomic E-state index is -0.692. The highest BCUT2D eigenvalue weighted by molar-refractivity contribution is 5.77. The van der Waals surface area contributed by atoms with E-state index in [0.29, 0.717) is 37.6 Å². The lowest BCUT2D eigenvalue weighted by atomic mass is 9.90. The van der Waals surface area contributed by atoms with E-state index in [1.807, 2.05) is 35.2 Å². The van der Waals surface area contributed by atoms with E-state index in [4.69, 9.17) is 9.52 Å². The van der Waals surface area contributed by atoms with Crippen molar-refractivity contribution in [1.29, 1.82) is 0 Å². The highest BCUT2D eigenvalue weighted by Gasteiger charge is 2.59. The van der Waals surface area contributed by atoms with Crippen LogP contribution in [0.5, 0.6) is 0 Å². The van der Waals surface area contributed by atoms with E-state index in [1.165, 1.54) is 0 Å². The third kappa shape index (κ3) is 3.23. The SMILES string of the molecule is O=C(O)C1CC12CCN(C(=O)CCc1ncc(-c3ccccc3)o1)CC2. The summed E-state index contributed by atoms with van der Waals surface area (Å²) in [7, 11) is 0. The van der Waals surface area contributed by atoms with Crippen LogP contribution in [0.1, 0.15) is 31.6 Å². The molecule has 6 heteroatoms. The Labute approximate surface area is 151 Å². The zero-order chi connectivity index (χ0) is 18.1. The molecule has 1 aliphatic carbocycles. The Morgan fingerprint density at radius 3 is 2.62 bits per heavy atom. The van der Waals surface area contributed by atoms with Crippen LogP contribution in [0.15, 0.2) is 40.9 Å². The molecule has 1 N–H and O–H groups in total. The monoisotopic (exact) mass is 354 g/mol. The number of amides is 1. The molecule has 1 unspecified atom stereocenters. The second-order valence-electron chi connectivity index (χ2n) is 7.32. The van der Waals surface area contributed by atoms with Crippen LogP contribution in [0.25, 0.3) is 11.3 Å². The molecule has 26 heavy (non-hydrogen) atoms. The number of nitrogens with zero attached hydrogens (tertiary/aromatic N) is 2. The summed E-state index contributed by atoms with van der Waals surface area (Å²) >= 11 is 0. The first-order chi connectivity index (χ1) is 12.6. The van der Waals surface area contributed by atoms with Crippen LogP contribution < -0.4 is 0 Å². The van der Waals surface area contributed by atoms with Crippen molar-refractivity contribution in [3.8, 4) is 11.3 Å². The largest absolute Gasteiger partial charge is 0.481 e. The number of likely N-dealkylation sites (tertiary alicyclic amines) is 1. The standard InChI is InChI=1S/C20H22N2O4/c23-18(22-10-8-20(9-11-22)12-15(20)19(24)25)7-6-17-21-13-16(26-17)14-4-2-1-3-5-14/h1-5,13,15H,6-12H2,(H,24,25). The molecule has 0 radical (unpaired) electrons. The fourth-order valence-corrected chi connectivity index (χ4v) is 3.98. The molecule has 2 aliphatic rings. The van der Waals surface area contributed by atoms with Gasteiger partial charge in [0.1, 0.15) is 0 Å². The highest BCUT2D eigenvalue weighted by atomic mass is 16.4. The van der Waals surface area contributed by atoms with Crippen molar-refractivity contribution in [2.24, 2.45) is 11.3 Å². The molecule has 1 atom stereocenters. The first-order valence-electron chi connectivity index (χ1n) is 9.08. The van der Waals surface area contributed by atoms with Crippen molar-refractivity contribution in [3.63, 3.8) is 0 Å². The molecule has 1 aromatic carbocycles. The van der Waals surface area contributed by atoms with Gasteiger partial charge in [0.15, 0.2) is 11.7 Å². The van der Waals surface area contributed by atoms with E-state index >= 15 is 0 Å². The molecule has 1 spiro atoms. The number of aromatic nitrogens is 1. The van der Waals surface area contributed by atoms with Gasteiger partial charge in [-0.2, -0.15) is 0 Å². The van der Waals surface area contributed by atoms with Crippen molar-refractivity contribution in [2.75, 3.05) is 13.1 Å². The number of benzene rings is 1. The second kappa shape index (κ2) is 6.59. The number of oxazole rings is 1. The van der Waals surface area contributed by atoms with Gasteiger partial charge in [0, 0.05) is 31.5 Å². The molecule has 1 aromatic heterocycles. The van der Waals surface area contributed by atoms with E-state index < -0.39 is 5.97 Å². The molecule has 1 amide bonds. The number of piperidine rings is 1. The molecule has 6 nitrogen and oxygen atoms in total. The van der Waals surface area contributed by atoms with Gasteiger partial charge < -0.3 is 14.4 Å². The Bertz CT molecular complexity index is 806. The predicted molar refractivity (Wildman–Crippen MR) is 94.2 cm³/mol. The van der Waals surface area contributed by atoms with Crippen molar-refractivity contribution >= 4 is 11.9 Å². The number of carbonyl (C=O) groups excluding carboxylic acids is 1. The van der Waals surface area contributed by atoms with Gasteiger partial charge >= 0.3 is 5.97 Å². The maximum atomic E-state index is 12.4. The van der Waals surface area contributed by atoms with Crippen LogP contribution in [0, 0.1) is 11.3 Å². The van der Waals surface area contributed by atoms with Gasteiger partial charge in [-0.1, -0.05) is 30.3 Å². The van der Waals surface area contributed by atoms with Crippen LogP contribution in [0.4, 0.5) is 0 Å². The number of aryl methyl sites for hydroxylation is 1. The van der Waals surface area contributed by atoms with Crippen molar-refractivity contribution in [2.45, 2.75) is 32.1 Å². The quantitative estimate of drug-likeness (QED) is 0.892. The third-order valence-electron chi connectivity index (χ3n) is 5.76. The van der Waals surface area contributed by atoms with E-state index in [2.05, 4.69) is 4.98 Å². The molecule has 1 aliphatic heterocycles. The molecule has 4 rings (SSSR count). The van der Waals surface area contributed by atoms with Crippen LogP contribution in [0.3, 0.4) is 0 Å². The lowest BCUT2D eigenvalue weighted by Gasteiger charge is -2.32. The highest BCUT2D eigenvalue weighted by Crippen LogP contribution is 2.59. The number of hydrogen-bond acceptors (Lipinski definition) is 4. The van der Waals surface area contributed by atoms with Crippen LogP contribution in [0.2, 0.25) is 0 Å². The van der Waals surface area contributed by atoms with Crippen LogP contribution >= 0.6 is 0 Å². The normalized spacial score (nSPS) is 20.9. The van der Waals surface area contributed by atoms with Gasteiger partial charge in [-0.15, -0.1) is 0 Å². The maximum Gasteiger partial charge on any atom is 0.307 e. The average Bonchev–Trinajstić information content (AvgIpc) is 3.15. The van der Waals surface area contributed by atoms with E-state index in [-0.39, 0.29) is 17.2 Å². The summed E-state index contributed by atoms with van der Waals surface area (Å²) in [6, 6.07) is 9.75.